The summed E-state index contributed by atoms with van der Waals surface area (Å²) >= 11 is 1.26. The summed E-state index contributed by atoms with van der Waals surface area (Å²) in [5.74, 6) is 1.07. The van der Waals surface area contributed by atoms with Gasteiger partial charge >= 0.3 is 6.09 Å². The summed E-state index contributed by atoms with van der Waals surface area (Å²) in [5.41, 5.74) is 2.46. The number of aromatic nitrogens is 2. The van der Waals surface area contributed by atoms with Gasteiger partial charge in [0.25, 0.3) is 0 Å². The second kappa shape index (κ2) is 7.75. The fraction of sp³-hybridized carbons (Fsp3) is 0.238. The minimum absolute atomic E-state index is 0.183. The number of amides is 2. The lowest BCUT2D eigenvalue weighted by Gasteiger charge is -2.38. The normalized spacial score (nSPS) is 14.7. The maximum absolute atomic E-state index is 13.2. The number of rotatable bonds is 4. The van der Waals surface area contributed by atoms with Crippen LogP contribution in [0.15, 0.2) is 48.0 Å². The van der Waals surface area contributed by atoms with E-state index >= 15 is 0 Å². The average molecular weight is 424 g/mol. The van der Waals surface area contributed by atoms with Crippen molar-refractivity contribution >= 4 is 28.5 Å². The smallest absolute Gasteiger partial charge is 0.412 e. The van der Waals surface area contributed by atoms with Crippen molar-refractivity contribution in [3.63, 3.8) is 0 Å². The van der Waals surface area contributed by atoms with Gasteiger partial charge in [-0.25, -0.2) is 4.79 Å². The first-order valence-electron chi connectivity index (χ1n) is 9.28. The summed E-state index contributed by atoms with van der Waals surface area (Å²) in [5, 5.41) is 13.4. The zero-order valence-electron chi connectivity index (χ0n) is 16.6. The molecule has 1 atom stereocenters. The van der Waals surface area contributed by atoms with Crippen molar-refractivity contribution in [3.05, 3.63) is 59.1 Å². The molecule has 8 nitrogen and oxygen atoms in total. The van der Waals surface area contributed by atoms with Crippen molar-refractivity contribution in [2.24, 2.45) is 5.41 Å². The summed E-state index contributed by atoms with van der Waals surface area (Å²) in [6.07, 6.45) is -0.570. The van der Waals surface area contributed by atoms with Crippen molar-refractivity contribution in [2.75, 3.05) is 12.4 Å². The molecule has 0 saturated carbocycles. The van der Waals surface area contributed by atoms with Crippen LogP contribution in [0.4, 0.5) is 9.93 Å². The number of benzene rings is 2. The highest BCUT2D eigenvalue weighted by Gasteiger charge is 2.43. The van der Waals surface area contributed by atoms with Gasteiger partial charge in [0.2, 0.25) is 11.0 Å². The largest absolute Gasteiger partial charge is 0.457 e. The van der Waals surface area contributed by atoms with Crippen LogP contribution in [0.2, 0.25) is 0 Å². The van der Waals surface area contributed by atoms with E-state index < -0.39 is 11.5 Å². The fourth-order valence-electron chi connectivity index (χ4n) is 3.56. The number of ether oxygens (including phenoxy) is 2. The van der Waals surface area contributed by atoms with Gasteiger partial charge in [-0.2, -0.15) is 0 Å². The van der Waals surface area contributed by atoms with E-state index in [4.69, 9.17) is 9.47 Å². The highest BCUT2D eigenvalue weighted by molar-refractivity contribution is 7.13. The second-order valence-electron chi connectivity index (χ2n) is 7.33. The van der Waals surface area contributed by atoms with Crippen LogP contribution < -0.4 is 20.1 Å². The molecule has 1 aliphatic rings. The van der Waals surface area contributed by atoms with Gasteiger partial charge in [-0.15, -0.1) is 10.2 Å². The number of carbonyl (C=O) groups excluding carboxylic acids is 2. The molecule has 4 rings (SSSR count). The van der Waals surface area contributed by atoms with Crippen LogP contribution in [0.1, 0.15) is 30.9 Å². The zero-order chi connectivity index (χ0) is 21.3. The van der Waals surface area contributed by atoms with Crippen molar-refractivity contribution < 1.29 is 19.1 Å². The Balaban J connectivity index is 1.75. The van der Waals surface area contributed by atoms with Crippen LogP contribution in [0.3, 0.4) is 0 Å². The topological polar surface area (TPSA) is 102 Å². The Morgan fingerprint density at radius 3 is 2.63 bits per heavy atom. The molecule has 2 heterocycles. The van der Waals surface area contributed by atoms with Crippen molar-refractivity contribution in [1.82, 2.24) is 15.5 Å². The SMILES string of the molecule is CNC(=O)Oc1ccc2c(c1)Oc1ccccc1C2C(C)(C)C(=O)Nc1nncs1. The van der Waals surface area contributed by atoms with Gasteiger partial charge in [0, 0.05) is 30.2 Å². The van der Waals surface area contributed by atoms with Crippen LogP contribution in [-0.4, -0.2) is 29.2 Å². The van der Waals surface area contributed by atoms with E-state index in [0.29, 0.717) is 22.4 Å². The van der Waals surface area contributed by atoms with Gasteiger partial charge < -0.3 is 20.1 Å². The fourth-order valence-corrected chi connectivity index (χ4v) is 4.00. The minimum atomic E-state index is -0.844. The van der Waals surface area contributed by atoms with Gasteiger partial charge in [-0.1, -0.05) is 49.4 Å². The minimum Gasteiger partial charge on any atom is -0.457 e. The Labute approximate surface area is 177 Å². The standard InChI is InChI=1S/C21H20N4O4S/c1-21(2,18(26)24-19-25-23-11-30-19)17-13-6-4-5-7-15(13)29-16-10-12(8-9-14(16)17)28-20(27)22-3/h4-11,17H,1-3H3,(H,22,27)(H,24,25,26). The first-order valence-corrected chi connectivity index (χ1v) is 10.2. The number of hydrogen-bond donors (Lipinski definition) is 2. The van der Waals surface area contributed by atoms with Crippen molar-refractivity contribution in [3.8, 4) is 17.2 Å². The lowest BCUT2D eigenvalue weighted by atomic mass is 9.69. The third-order valence-corrected chi connectivity index (χ3v) is 5.65. The molecule has 0 radical (unpaired) electrons. The highest BCUT2D eigenvalue weighted by Crippen LogP contribution is 2.52. The molecule has 0 bridgehead atoms. The van der Waals surface area contributed by atoms with Gasteiger partial charge in [0.15, 0.2) is 0 Å². The summed E-state index contributed by atoms with van der Waals surface area (Å²) in [7, 11) is 1.49. The first-order chi connectivity index (χ1) is 14.4. The predicted molar refractivity (Wildman–Crippen MR) is 112 cm³/mol. The number of hydrogen-bond acceptors (Lipinski definition) is 7. The predicted octanol–water partition coefficient (Wildman–Crippen LogP) is 4.16. The summed E-state index contributed by atoms with van der Waals surface area (Å²) < 4.78 is 11.3. The van der Waals surface area contributed by atoms with Gasteiger partial charge in [0.05, 0.1) is 5.41 Å². The van der Waals surface area contributed by atoms with E-state index in [0.717, 1.165) is 11.1 Å². The molecule has 2 N–H and O–H groups in total. The van der Waals surface area contributed by atoms with Gasteiger partial charge in [-0.05, 0) is 12.1 Å². The summed E-state index contributed by atoms with van der Waals surface area (Å²) in [6, 6.07) is 12.8. The number of nitrogens with one attached hydrogen (secondary N) is 2. The molecule has 1 unspecified atom stereocenters. The number of para-hydroxylation sites is 1. The highest BCUT2D eigenvalue weighted by atomic mass is 32.1. The number of anilines is 1. The lowest BCUT2D eigenvalue weighted by molar-refractivity contribution is -0.124. The summed E-state index contributed by atoms with van der Waals surface area (Å²) in [6.45, 7) is 3.77. The molecule has 9 heteroatoms. The molecule has 1 aliphatic heterocycles. The third kappa shape index (κ3) is 3.59. The Kier molecular flexibility index (Phi) is 5.13. The Morgan fingerprint density at radius 2 is 1.90 bits per heavy atom. The molecule has 30 heavy (non-hydrogen) atoms. The molecule has 0 aliphatic carbocycles. The molecule has 154 valence electrons. The molecule has 3 aromatic rings. The van der Waals surface area contributed by atoms with Crippen LogP contribution in [-0.2, 0) is 4.79 Å². The van der Waals surface area contributed by atoms with Crippen LogP contribution >= 0.6 is 11.3 Å². The molecule has 2 amide bonds. The molecule has 0 spiro atoms. The lowest BCUT2D eigenvalue weighted by Crippen LogP contribution is -2.38. The van der Waals surface area contributed by atoms with Crippen molar-refractivity contribution in [2.45, 2.75) is 19.8 Å². The van der Waals surface area contributed by atoms with Crippen LogP contribution in [0.5, 0.6) is 17.2 Å². The number of nitrogens with zero attached hydrogens (tertiary/aromatic N) is 2. The molecule has 1 aromatic heterocycles. The van der Waals surface area contributed by atoms with E-state index in [9.17, 15) is 9.59 Å². The third-order valence-electron chi connectivity index (χ3n) is 5.05. The maximum Gasteiger partial charge on any atom is 0.412 e. The number of fused-ring (bicyclic) bond motifs is 2. The van der Waals surface area contributed by atoms with E-state index in [1.807, 2.05) is 44.2 Å². The zero-order valence-corrected chi connectivity index (χ0v) is 17.4. The Bertz CT molecular complexity index is 1100. The first kappa shape index (κ1) is 19.8. The van der Waals surface area contributed by atoms with E-state index in [1.165, 1.54) is 18.4 Å². The molecule has 0 saturated heterocycles. The Morgan fingerprint density at radius 1 is 1.13 bits per heavy atom. The number of carbonyl (C=O) groups is 2. The van der Waals surface area contributed by atoms with Gasteiger partial charge in [-0.3, -0.25) is 4.79 Å². The van der Waals surface area contributed by atoms with E-state index in [2.05, 4.69) is 20.8 Å². The average Bonchev–Trinajstić information content (AvgIpc) is 3.24. The van der Waals surface area contributed by atoms with Crippen molar-refractivity contribution in [1.29, 1.82) is 0 Å². The van der Waals surface area contributed by atoms with E-state index in [1.54, 1.807) is 17.6 Å². The quantitative estimate of drug-likeness (QED) is 0.652. The Hall–Kier alpha value is -3.46. The molecule has 2 aromatic carbocycles. The second-order valence-corrected chi connectivity index (χ2v) is 8.16. The van der Waals surface area contributed by atoms with E-state index in [-0.39, 0.29) is 11.8 Å². The van der Waals surface area contributed by atoms with Gasteiger partial charge in [0.1, 0.15) is 22.8 Å². The molecule has 0 fully saturated rings. The van der Waals surface area contributed by atoms with Crippen LogP contribution in [0.25, 0.3) is 0 Å². The molecular formula is C21H20N4O4S. The molecular weight excluding hydrogens is 404 g/mol. The summed E-state index contributed by atoms with van der Waals surface area (Å²) in [4.78, 5) is 24.8. The maximum atomic E-state index is 13.2. The monoisotopic (exact) mass is 424 g/mol. The van der Waals surface area contributed by atoms with Crippen LogP contribution in [0, 0.1) is 5.41 Å².